The number of Topliss-reactive ketones (excluding diaryl/α,β-unsaturated/α-hetero) is 1. The van der Waals surface area contributed by atoms with Crippen molar-refractivity contribution in [2.24, 2.45) is 16.7 Å². The zero-order chi connectivity index (χ0) is 12.4. The van der Waals surface area contributed by atoms with Crippen molar-refractivity contribution in [1.29, 1.82) is 0 Å². The number of rotatable bonds is 1. The lowest BCUT2D eigenvalue weighted by Crippen LogP contribution is -2.44. The highest BCUT2D eigenvalue weighted by molar-refractivity contribution is 6.11. The lowest BCUT2D eigenvalue weighted by Gasteiger charge is -2.51. The molecule has 0 aromatic heterocycles. The van der Waals surface area contributed by atoms with Crippen molar-refractivity contribution in [1.82, 2.24) is 0 Å². The minimum absolute atomic E-state index is 0.0890. The van der Waals surface area contributed by atoms with Crippen LogP contribution in [0.25, 0.3) is 0 Å². The Morgan fingerprint density at radius 1 is 1.41 bits per heavy atom. The zero-order valence-electron chi connectivity index (χ0n) is 10.8. The standard InChI is InChI=1S/C15H20O2/c1-14(2)6-9-12(7-14)15(3)5-4-11(15)10(8-16)13(9)17/h6,12,16H,4-5,7-8H2,1-3H3. The molecular weight excluding hydrogens is 212 g/mol. The Morgan fingerprint density at radius 2 is 2.12 bits per heavy atom. The van der Waals surface area contributed by atoms with Crippen LogP contribution in [0.15, 0.2) is 22.8 Å². The lowest BCUT2D eigenvalue weighted by atomic mass is 9.52. The Balaban J connectivity index is 2.14. The molecule has 2 atom stereocenters. The van der Waals surface area contributed by atoms with Crippen LogP contribution >= 0.6 is 0 Å². The maximum Gasteiger partial charge on any atom is 0.187 e. The van der Waals surface area contributed by atoms with Crippen LogP contribution < -0.4 is 0 Å². The first-order valence-corrected chi connectivity index (χ1v) is 6.50. The van der Waals surface area contributed by atoms with Gasteiger partial charge in [-0.1, -0.05) is 32.4 Å². The van der Waals surface area contributed by atoms with Crippen LogP contribution in [0, 0.1) is 16.7 Å². The van der Waals surface area contributed by atoms with Crippen LogP contribution in [0.3, 0.4) is 0 Å². The Labute approximate surface area is 102 Å². The minimum atomic E-state index is -0.0890. The molecule has 0 amide bonds. The normalized spacial score (nSPS) is 38.5. The number of aliphatic hydroxyl groups excluding tert-OH is 1. The highest BCUT2D eigenvalue weighted by Gasteiger charge is 2.55. The molecule has 92 valence electrons. The second-order valence-corrected chi connectivity index (χ2v) is 6.71. The summed E-state index contributed by atoms with van der Waals surface area (Å²) in [5.74, 6) is 0.513. The van der Waals surface area contributed by atoms with Crippen LogP contribution in [0.1, 0.15) is 40.0 Å². The third-order valence-electron chi connectivity index (χ3n) is 5.06. The SMILES string of the molecule is CC1(C)C=C2C(=O)C(CO)=C3CCC3(C)C2C1. The zero-order valence-corrected chi connectivity index (χ0v) is 10.8. The molecule has 1 saturated carbocycles. The fourth-order valence-electron chi connectivity index (χ4n) is 4.01. The van der Waals surface area contributed by atoms with Crippen LogP contribution in [0.5, 0.6) is 0 Å². The number of carbonyl (C=O) groups excluding carboxylic acids is 1. The van der Waals surface area contributed by atoms with Gasteiger partial charge in [0.25, 0.3) is 0 Å². The predicted octanol–water partition coefficient (Wildman–Crippen LogP) is 2.63. The van der Waals surface area contributed by atoms with Gasteiger partial charge in [0.1, 0.15) is 0 Å². The molecule has 0 bridgehead atoms. The summed E-state index contributed by atoms with van der Waals surface area (Å²) in [5, 5.41) is 9.44. The summed E-state index contributed by atoms with van der Waals surface area (Å²) in [6.07, 6.45) is 5.39. The molecule has 0 aromatic rings. The van der Waals surface area contributed by atoms with Gasteiger partial charge in [-0.25, -0.2) is 0 Å². The van der Waals surface area contributed by atoms with E-state index < -0.39 is 0 Å². The van der Waals surface area contributed by atoms with Gasteiger partial charge in [-0.15, -0.1) is 0 Å². The van der Waals surface area contributed by atoms with E-state index >= 15 is 0 Å². The van der Waals surface area contributed by atoms with E-state index in [1.807, 2.05) is 0 Å². The quantitative estimate of drug-likeness (QED) is 0.754. The van der Waals surface area contributed by atoms with Gasteiger partial charge in [0, 0.05) is 11.1 Å². The molecule has 3 aliphatic rings. The van der Waals surface area contributed by atoms with Crippen molar-refractivity contribution in [2.45, 2.75) is 40.0 Å². The van der Waals surface area contributed by atoms with E-state index in [1.165, 1.54) is 5.57 Å². The van der Waals surface area contributed by atoms with Crippen molar-refractivity contribution in [3.63, 3.8) is 0 Å². The molecule has 2 heteroatoms. The molecule has 0 radical (unpaired) electrons. The van der Waals surface area contributed by atoms with Crippen LogP contribution in [-0.4, -0.2) is 17.5 Å². The number of hydrogen-bond acceptors (Lipinski definition) is 2. The van der Waals surface area contributed by atoms with E-state index in [9.17, 15) is 9.90 Å². The van der Waals surface area contributed by atoms with Gasteiger partial charge >= 0.3 is 0 Å². The van der Waals surface area contributed by atoms with Crippen molar-refractivity contribution < 1.29 is 9.90 Å². The number of allylic oxidation sites excluding steroid dienone is 3. The van der Waals surface area contributed by atoms with Crippen LogP contribution in [-0.2, 0) is 4.79 Å². The van der Waals surface area contributed by atoms with Gasteiger partial charge in [0.15, 0.2) is 5.78 Å². The molecule has 0 aromatic carbocycles. The molecule has 17 heavy (non-hydrogen) atoms. The maximum atomic E-state index is 12.4. The van der Waals surface area contributed by atoms with Crippen LogP contribution in [0.4, 0.5) is 0 Å². The molecule has 3 rings (SSSR count). The molecule has 0 saturated heterocycles. The first-order chi connectivity index (χ1) is 7.89. The minimum Gasteiger partial charge on any atom is -0.392 e. The molecule has 1 fully saturated rings. The summed E-state index contributed by atoms with van der Waals surface area (Å²) in [7, 11) is 0. The lowest BCUT2D eigenvalue weighted by molar-refractivity contribution is -0.114. The predicted molar refractivity (Wildman–Crippen MR) is 66.4 cm³/mol. The molecule has 2 unspecified atom stereocenters. The fourth-order valence-corrected chi connectivity index (χ4v) is 4.01. The molecule has 2 nitrogen and oxygen atoms in total. The van der Waals surface area contributed by atoms with Crippen LogP contribution in [0.2, 0.25) is 0 Å². The van der Waals surface area contributed by atoms with Crippen molar-refractivity contribution in [2.75, 3.05) is 6.61 Å². The summed E-state index contributed by atoms with van der Waals surface area (Å²) in [6, 6.07) is 0. The summed E-state index contributed by atoms with van der Waals surface area (Å²) in [5.41, 5.74) is 3.20. The second kappa shape index (κ2) is 3.11. The second-order valence-electron chi connectivity index (χ2n) is 6.71. The summed E-state index contributed by atoms with van der Waals surface area (Å²) >= 11 is 0. The van der Waals surface area contributed by atoms with E-state index in [0.29, 0.717) is 11.5 Å². The van der Waals surface area contributed by atoms with Gasteiger partial charge in [0.05, 0.1) is 6.61 Å². The number of carbonyl (C=O) groups is 1. The Hall–Kier alpha value is -0.890. The average molecular weight is 232 g/mol. The van der Waals surface area contributed by atoms with E-state index in [-0.39, 0.29) is 23.2 Å². The number of ketones is 1. The molecule has 0 spiro atoms. The number of hydrogen-bond donors (Lipinski definition) is 1. The van der Waals surface area contributed by atoms with Gasteiger partial charge in [-0.3, -0.25) is 4.79 Å². The van der Waals surface area contributed by atoms with Crippen molar-refractivity contribution in [3.05, 3.63) is 22.8 Å². The topological polar surface area (TPSA) is 37.3 Å². The number of fused-ring (bicyclic) bond motifs is 3. The first-order valence-electron chi connectivity index (χ1n) is 6.50. The average Bonchev–Trinajstić information content (AvgIpc) is 2.57. The maximum absolute atomic E-state index is 12.4. The number of aliphatic hydroxyl groups is 1. The molecular formula is C15H20O2. The van der Waals surface area contributed by atoms with Crippen molar-refractivity contribution >= 4 is 5.78 Å². The highest BCUT2D eigenvalue weighted by atomic mass is 16.3. The van der Waals surface area contributed by atoms with E-state index in [1.54, 1.807) is 0 Å². The van der Waals surface area contributed by atoms with E-state index in [2.05, 4.69) is 26.8 Å². The molecule has 1 N–H and O–H groups in total. The third kappa shape index (κ3) is 1.28. The fraction of sp³-hybridized carbons (Fsp3) is 0.667. The summed E-state index contributed by atoms with van der Waals surface area (Å²) in [6.45, 7) is 6.58. The van der Waals surface area contributed by atoms with Gasteiger partial charge < -0.3 is 5.11 Å². The molecule has 3 aliphatic carbocycles. The largest absolute Gasteiger partial charge is 0.392 e. The van der Waals surface area contributed by atoms with Gasteiger partial charge in [-0.2, -0.15) is 0 Å². The molecule has 0 aliphatic heterocycles. The summed E-state index contributed by atoms with van der Waals surface area (Å²) < 4.78 is 0. The highest BCUT2D eigenvalue weighted by Crippen LogP contribution is 2.63. The van der Waals surface area contributed by atoms with Crippen molar-refractivity contribution in [3.8, 4) is 0 Å². The van der Waals surface area contributed by atoms with E-state index in [4.69, 9.17) is 0 Å². The first kappa shape index (κ1) is 11.2. The van der Waals surface area contributed by atoms with Gasteiger partial charge in [0.2, 0.25) is 0 Å². The Morgan fingerprint density at radius 3 is 2.65 bits per heavy atom. The Bertz CT molecular complexity index is 467. The third-order valence-corrected chi connectivity index (χ3v) is 5.06. The smallest absolute Gasteiger partial charge is 0.187 e. The monoisotopic (exact) mass is 232 g/mol. The van der Waals surface area contributed by atoms with Gasteiger partial charge in [-0.05, 0) is 36.0 Å². The van der Waals surface area contributed by atoms with E-state index in [0.717, 1.165) is 24.8 Å². The summed E-state index contributed by atoms with van der Waals surface area (Å²) in [4.78, 5) is 12.4. The molecule has 0 heterocycles. The Kier molecular flexibility index (Phi) is 2.05.